The van der Waals surface area contributed by atoms with Gasteiger partial charge in [-0.2, -0.15) is 0 Å². The summed E-state index contributed by atoms with van der Waals surface area (Å²) in [6.45, 7) is 3.19. The van der Waals surface area contributed by atoms with Gasteiger partial charge in [0.2, 0.25) is 0 Å². The van der Waals surface area contributed by atoms with Crippen molar-refractivity contribution in [1.29, 1.82) is 0 Å². The number of anilines is 2. The van der Waals surface area contributed by atoms with Crippen LogP contribution >= 0.6 is 0 Å². The number of nitrogens with two attached hydrogens (primary N) is 1. The molecule has 0 radical (unpaired) electrons. The van der Waals surface area contributed by atoms with Crippen molar-refractivity contribution in [2.24, 2.45) is 0 Å². The van der Waals surface area contributed by atoms with Crippen molar-refractivity contribution in [2.75, 3.05) is 36.9 Å². The van der Waals surface area contributed by atoms with Gasteiger partial charge in [-0.3, -0.25) is 0 Å². The van der Waals surface area contributed by atoms with Gasteiger partial charge >= 0.3 is 0 Å². The molecule has 1 aliphatic rings. The minimum atomic E-state index is 0.719. The van der Waals surface area contributed by atoms with E-state index in [0.717, 1.165) is 48.8 Å². The molecule has 3 heterocycles. The SMILES string of the molecule is Nc1cc2[nH]ccc2nc1N1CCOCC1. The summed E-state index contributed by atoms with van der Waals surface area (Å²) in [4.78, 5) is 9.85. The molecule has 2 aromatic heterocycles. The number of rotatable bonds is 1. The van der Waals surface area contributed by atoms with E-state index in [4.69, 9.17) is 10.5 Å². The van der Waals surface area contributed by atoms with E-state index >= 15 is 0 Å². The Kier molecular flexibility index (Phi) is 2.18. The first-order valence-corrected chi connectivity index (χ1v) is 5.41. The van der Waals surface area contributed by atoms with Crippen LogP contribution < -0.4 is 10.6 Å². The number of H-pyrrole nitrogens is 1. The molecule has 1 aliphatic heterocycles. The molecule has 0 aliphatic carbocycles. The van der Waals surface area contributed by atoms with Gasteiger partial charge in [-0.1, -0.05) is 0 Å². The predicted octanol–water partition coefficient (Wildman–Crippen LogP) is 0.982. The van der Waals surface area contributed by atoms with Crippen LogP contribution in [0, 0.1) is 0 Å². The van der Waals surface area contributed by atoms with Crippen LogP contribution in [0.15, 0.2) is 18.3 Å². The summed E-state index contributed by atoms with van der Waals surface area (Å²) in [5, 5.41) is 0. The summed E-state index contributed by atoms with van der Waals surface area (Å²) >= 11 is 0. The van der Waals surface area contributed by atoms with Crippen LogP contribution in [-0.2, 0) is 4.74 Å². The van der Waals surface area contributed by atoms with E-state index in [0.29, 0.717) is 0 Å². The second kappa shape index (κ2) is 3.68. The Balaban J connectivity index is 2.03. The van der Waals surface area contributed by atoms with E-state index in [1.165, 1.54) is 0 Å². The maximum atomic E-state index is 6.01. The summed E-state index contributed by atoms with van der Waals surface area (Å²) in [6, 6.07) is 3.89. The van der Waals surface area contributed by atoms with Gasteiger partial charge in [0.15, 0.2) is 5.82 Å². The molecule has 5 nitrogen and oxygen atoms in total. The lowest BCUT2D eigenvalue weighted by Gasteiger charge is -2.28. The number of nitrogens with zero attached hydrogens (tertiary/aromatic N) is 2. The van der Waals surface area contributed by atoms with Crippen LogP contribution in [0.5, 0.6) is 0 Å². The van der Waals surface area contributed by atoms with Gasteiger partial charge in [0.05, 0.1) is 29.9 Å². The molecular formula is C11H14N4O. The molecule has 84 valence electrons. The zero-order chi connectivity index (χ0) is 11.0. The highest BCUT2D eigenvalue weighted by atomic mass is 16.5. The summed E-state index contributed by atoms with van der Waals surface area (Å²) in [5.74, 6) is 0.871. The Morgan fingerprint density at radius 2 is 2.19 bits per heavy atom. The molecule has 1 saturated heterocycles. The normalized spacial score (nSPS) is 16.9. The minimum Gasteiger partial charge on any atom is -0.396 e. The van der Waals surface area contributed by atoms with Crippen molar-refractivity contribution in [3.05, 3.63) is 18.3 Å². The number of hydrogen-bond donors (Lipinski definition) is 2. The number of pyridine rings is 1. The van der Waals surface area contributed by atoms with Gasteiger partial charge < -0.3 is 20.4 Å². The number of hydrogen-bond acceptors (Lipinski definition) is 4. The number of aromatic amines is 1. The summed E-state index contributed by atoms with van der Waals surface area (Å²) in [5.41, 5.74) is 8.67. The smallest absolute Gasteiger partial charge is 0.152 e. The van der Waals surface area contributed by atoms with E-state index in [1.807, 2.05) is 18.3 Å². The van der Waals surface area contributed by atoms with E-state index in [2.05, 4.69) is 14.9 Å². The first-order valence-electron chi connectivity index (χ1n) is 5.41. The van der Waals surface area contributed by atoms with Crippen LogP contribution in [0.1, 0.15) is 0 Å². The van der Waals surface area contributed by atoms with Crippen molar-refractivity contribution in [2.45, 2.75) is 0 Å². The van der Waals surface area contributed by atoms with Crippen molar-refractivity contribution in [3.63, 3.8) is 0 Å². The fourth-order valence-corrected chi connectivity index (χ4v) is 2.01. The highest BCUT2D eigenvalue weighted by molar-refractivity contribution is 5.83. The molecule has 0 aromatic carbocycles. The fourth-order valence-electron chi connectivity index (χ4n) is 2.01. The van der Waals surface area contributed by atoms with Crippen LogP contribution in [0.4, 0.5) is 11.5 Å². The lowest BCUT2D eigenvalue weighted by molar-refractivity contribution is 0.122. The number of aromatic nitrogens is 2. The molecule has 0 spiro atoms. The number of ether oxygens (including phenoxy) is 1. The molecule has 0 saturated carbocycles. The Morgan fingerprint density at radius 3 is 3.00 bits per heavy atom. The molecule has 0 bridgehead atoms. The second-order valence-electron chi connectivity index (χ2n) is 3.91. The lowest BCUT2D eigenvalue weighted by Crippen LogP contribution is -2.37. The maximum absolute atomic E-state index is 6.01. The van der Waals surface area contributed by atoms with Gasteiger partial charge in [0.25, 0.3) is 0 Å². The number of nitrogens with one attached hydrogen (secondary N) is 1. The molecule has 5 heteroatoms. The Bertz CT molecular complexity index is 502. The van der Waals surface area contributed by atoms with Gasteiger partial charge in [-0.05, 0) is 12.1 Å². The van der Waals surface area contributed by atoms with E-state index in [1.54, 1.807) is 0 Å². The van der Waals surface area contributed by atoms with Crippen molar-refractivity contribution < 1.29 is 4.74 Å². The predicted molar refractivity (Wildman–Crippen MR) is 63.5 cm³/mol. The Labute approximate surface area is 93.2 Å². The summed E-state index contributed by atoms with van der Waals surface area (Å²) in [7, 11) is 0. The molecule has 3 N–H and O–H groups in total. The molecule has 0 unspecified atom stereocenters. The number of nitrogen functional groups attached to an aromatic ring is 1. The lowest BCUT2D eigenvalue weighted by atomic mass is 10.3. The fraction of sp³-hybridized carbons (Fsp3) is 0.364. The monoisotopic (exact) mass is 218 g/mol. The molecule has 1 fully saturated rings. The van der Waals surface area contributed by atoms with Crippen molar-refractivity contribution in [3.8, 4) is 0 Å². The molecule has 16 heavy (non-hydrogen) atoms. The van der Waals surface area contributed by atoms with Gasteiger partial charge in [-0.25, -0.2) is 4.98 Å². The molecule has 3 rings (SSSR count). The van der Waals surface area contributed by atoms with E-state index < -0.39 is 0 Å². The molecule has 0 atom stereocenters. The van der Waals surface area contributed by atoms with Crippen LogP contribution in [0.3, 0.4) is 0 Å². The van der Waals surface area contributed by atoms with Gasteiger partial charge in [0, 0.05) is 19.3 Å². The van der Waals surface area contributed by atoms with E-state index in [-0.39, 0.29) is 0 Å². The number of fused-ring (bicyclic) bond motifs is 1. The zero-order valence-electron chi connectivity index (χ0n) is 8.94. The first kappa shape index (κ1) is 9.47. The third-order valence-electron chi connectivity index (χ3n) is 2.85. The Morgan fingerprint density at radius 1 is 1.38 bits per heavy atom. The van der Waals surface area contributed by atoms with Gasteiger partial charge in [-0.15, -0.1) is 0 Å². The molecule has 0 amide bonds. The van der Waals surface area contributed by atoms with Crippen LogP contribution in [0.2, 0.25) is 0 Å². The third kappa shape index (κ3) is 1.49. The van der Waals surface area contributed by atoms with E-state index in [9.17, 15) is 0 Å². The number of morpholine rings is 1. The minimum absolute atomic E-state index is 0.719. The van der Waals surface area contributed by atoms with Crippen molar-refractivity contribution >= 4 is 22.5 Å². The quantitative estimate of drug-likeness (QED) is 0.748. The average Bonchev–Trinajstić information content (AvgIpc) is 2.76. The van der Waals surface area contributed by atoms with Crippen molar-refractivity contribution in [1.82, 2.24) is 9.97 Å². The maximum Gasteiger partial charge on any atom is 0.152 e. The van der Waals surface area contributed by atoms with Crippen LogP contribution in [-0.4, -0.2) is 36.3 Å². The Hall–Kier alpha value is -1.75. The zero-order valence-corrected chi connectivity index (χ0v) is 8.94. The third-order valence-corrected chi connectivity index (χ3v) is 2.85. The standard InChI is InChI=1S/C11H14N4O/c12-8-7-10-9(1-2-13-10)14-11(8)15-3-5-16-6-4-15/h1-2,7,13H,3-6,12H2. The largest absolute Gasteiger partial charge is 0.396 e. The van der Waals surface area contributed by atoms with Crippen LogP contribution in [0.25, 0.3) is 11.0 Å². The average molecular weight is 218 g/mol. The molecule has 2 aromatic rings. The summed E-state index contributed by atoms with van der Waals surface area (Å²) < 4.78 is 5.32. The van der Waals surface area contributed by atoms with Gasteiger partial charge in [0.1, 0.15) is 0 Å². The highest BCUT2D eigenvalue weighted by Crippen LogP contribution is 2.25. The highest BCUT2D eigenvalue weighted by Gasteiger charge is 2.15. The topological polar surface area (TPSA) is 67.2 Å². The first-order chi connectivity index (χ1) is 7.84. The second-order valence-corrected chi connectivity index (χ2v) is 3.91. The molecular weight excluding hydrogens is 204 g/mol. The summed E-state index contributed by atoms with van der Waals surface area (Å²) in [6.07, 6.45) is 1.88.